The molecule has 1 heterocycles. The summed E-state index contributed by atoms with van der Waals surface area (Å²) in [4.78, 5) is 6.91. The number of aliphatic imine (C=N–C) groups is 1. The number of hydrogen-bond acceptors (Lipinski definition) is 2. The average molecular weight is 280 g/mol. The van der Waals surface area contributed by atoms with Crippen LogP contribution in [0, 0.1) is 5.92 Å². The van der Waals surface area contributed by atoms with E-state index in [9.17, 15) is 0 Å². The standard InChI is InChI=1S/C16H32N4/c1-5-10-18-16(17-4)19-13-15(14(2)3)20-11-8-6-7-9-12-20/h5,14-15H,1,6-13H2,2-4H3,(H2,17,18,19). The van der Waals surface area contributed by atoms with Crippen LogP contribution in [0.5, 0.6) is 0 Å². The summed E-state index contributed by atoms with van der Waals surface area (Å²) >= 11 is 0. The minimum atomic E-state index is 0.579. The van der Waals surface area contributed by atoms with E-state index in [0.717, 1.165) is 19.0 Å². The van der Waals surface area contributed by atoms with Crippen molar-refractivity contribution in [2.75, 3.05) is 33.2 Å². The molecule has 0 spiro atoms. The van der Waals surface area contributed by atoms with Crippen molar-refractivity contribution in [3.05, 3.63) is 12.7 Å². The first kappa shape index (κ1) is 17.0. The number of likely N-dealkylation sites (tertiary alicyclic amines) is 1. The molecule has 1 unspecified atom stereocenters. The molecule has 1 saturated heterocycles. The Labute approximate surface area is 124 Å². The summed E-state index contributed by atoms with van der Waals surface area (Å²) in [5.41, 5.74) is 0. The minimum absolute atomic E-state index is 0.579. The highest BCUT2D eigenvalue weighted by atomic mass is 15.2. The maximum Gasteiger partial charge on any atom is 0.191 e. The first-order chi connectivity index (χ1) is 9.69. The lowest BCUT2D eigenvalue weighted by molar-refractivity contribution is 0.161. The Morgan fingerprint density at radius 2 is 1.85 bits per heavy atom. The van der Waals surface area contributed by atoms with Gasteiger partial charge in [-0.3, -0.25) is 9.89 Å². The third-order valence-electron chi connectivity index (χ3n) is 4.00. The molecule has 0 aromatic heterocycles. The van der Waals surface area contributed by atoms with Crippen molar-refractivity contribution in [3.8, 4) is 0 Å². The van der Waals surface area contributed by atoms with Crippen LogP contribution in [0.4, 0.5) is 0 Å². The molecular weight excluding hydrogens is 248 g/mol. The van der Waals surface area contributed by atoms with E-state index < -0.39 is 0 Å². The molecule has 4 heteroatoms. The van der Waals surface area contributed by atoms with Gasteiger partial charge in [-0.25, -0.2) is 0 Å². The fraction of sp³-hybridized carbons (Fsp3) is 0.812. The van der Waals surface area contributed by atoms with Crippen molar-refractivity contribution in [1.29, 1.82) is 0 Å². The molecule has 1 aliphatic heterocycles. The van der Waals surface area contributed by atoms with Gasteiger partial charge < -0.3 is 10.6 Å². The van der Waals surface area contributed by atoms with Crippen LogP contribution in [0.25, 0.3) is 0 Å². The first-order valence-corrected chi connectivity index (χ1v) is 7.98. The molecule has 2 N–H and O–H groups in total. The van der Waals surface area contributed by atoms with Crippen LogP contribution < -0.4 is 10.6 Å². The summed E-state index contributed by atoms with van der Waals surface area (Å²) in [7, 11) is 1.81. The quantitative estimate of drug-likeness (QED) is 0.445. The van der Waals surface area contributed by atoms with Crippen LogP contribution in [0.1, 0.15) is 39.5 Å². The van der Waals surface area contributed by atoms with E-state index in [1.165, 1.54) is 38.8 Å². The largest absolute Gasteiger partial charge is 0.355 e. The molecule has 0 radical (unpaired) electrons. The maximum atomic E-state index is 4.25. The number of hydrogen-bond donors (Lipinski definition) is 2. The van der Waals surface area contributed by atoms with Gasteiger partial charge >= 0.3 is 0 Å². The fourth-order valence-corrected chi connectivity index (χ4v) is 2.80. The molecule has 0 aromatic carbocycles. The summed E-state index contributed by atoms with van der Waals surface area (Å²) in [5.74, 6) is 1.52. The first-order valence-electron chi connectivity index (χ1n) is 7.98. The van der Waals surface area contributed by atoms with Crippen LogP contribution in [0.3, 0.4) is 0 Å². The lowest BCUT2D eigenvalue weighted by Gasteiger charge is -2.34. The molecule has 4 nitrogen and oxygen atoms in total. The Morgan fingerprint density at radius 3 is 2.35 bits per heavy atom. The summed E-state index contributed by atoms with van der Waals surface area (Å²) in [6.07, 6.45) is 7.30. The van der Waals surface area contributed by atoms with Gasteiger partial charge in [0, 0.05) is 26.2 Å². The summed E-state index contributed by atoms with van der Waals surface area (Å²) in [6, 6.07) is 0.579. The number of rotatable bonds is 6. The van der Waals surface area contributed by atoms with Gasteiger partial charge in [-0.1, -0.05) is 32.8 Å². The molecule has 0 saturated carbocycles. The average Bonchev–Trinajstić information content (AvgIpc) is 2.71. The van der Waals surface area contributed by atoms with E-state index >= 15 is 0 Å². The third kappa shape index (κ3) is 5.95. The lowest BCUT2D eigenvalue weighted by Crippen LogP contribution is -2.49. The van der Waals surface area contributed by atoms with E-state index in [4.69, 9.17) is 0 Å². The Hall–Kier alpha value is -1.03. The molecule has 0 bridgehead atoms. The van der Waals surface area contributed by atoms with Crippen molar-refractivity contribution < 1.29 is 0 Å². The summed E-state index contributed by atoms with van der Waals surface area (Å²) < 4.78 is 0. The molecule has 1 aliphatic rings. The van der Waals surface area contributed by atoms with Crippen molar-refractivity contribution in [2.24, 2.45) is 10.9 Å². The van der Waals surface area contributed by atoms with Crippen molar-refractivity contribution >= 4 is 5.96 Å². The van der Waals surface area contributed by atoms with Gasteiger partial charge in [0.1, 0.15) is 0 Å². The van der Waals surface area contributed by atoms with E-state index in [1.54, 1.807) is 0 Å². The van der Waals surface area contributed by atoms with Crippen molar-refractivity contribution in [1.82, 2.24) is 15.5 Å². The molecular formula is C16H32N4. The lowest BCUT2D eigenvalue weighted by atomic mass is 10.0. The van der Waals surface area contributed by atoms with Crippen LogP contribution in [-0.2, 0) is 0 Å². The molecule has 20 heavy (non-hydrogen) atoms. The van der Waals surface area contributed by atoms with Gasteiger partial charge in [0.25, 0.3) is 0 Å². The number of nitrogens with zero attached hydrogens (tertiary/aromatic N) is 2. The molecule has 0 amide bonds. The van der Waals surface area contributed by atoms with Gasteiger partial charge in [0.2, 0.25) is 0 Å². The number of guanidine groups is 1. The van der Waals surface area contributed by atoms with E-state index in [0.29, 0.717) is 12.0 Å². The Bertz CT molecular complexity index is 291. The highest BCUT2D eigenvalue weighted by Gasteiger charge is 2.22. The normalized spacial score (nSPS) is 19.5. The SMILES string of the molecule is C=CCNC(=NC)NCC(C(C)C)N1CCCCCC1. The summed E-state index contributed by atoms with van der Waals surface area (Å²) in [5, 5.41) is 6.68. The Balaban J connectivity index is 2.51. The van der Waals surface area contributed by atoms with E-state index in [-0.39, 0.29) is 0 Å². The molecule has 0 aromatic rings. The molecule has 1 fully saturated rings. The predicted octanol–water partition coefficient (Wildman–Crippen LogP) is 2.24. The zero-order valence-corrected chi connectivity index (χ0v) is 13.5. The zero-order chi connectivity index (χ0) is 14.8. The molecule has 1 rings (SSSR count). The molecule has 0 aliphatic carbocycles. The third-order valence-corrected chi connectivity index (χ3v) is 4.00. The second kappa shape index (κ2) is 9.81. The smallest absolute Gasteiger partial charge is 0.191 e. The monoisotopic (exact) mass is 280 g/mol. The van der Waals surface area contributed by atoms with Crippen molar-refractivity contribution in [2.45, 2.75) is 45.6 Å². The van der Waals surface area contributed by atoms with Crippen LogP contribution >= 0.6 is 0 Å². The van der Waals surface area contributed by atoms with E-state index in [1.807, 2.05) is 13.1 Å². The highest BCUT2D eigenvalue weighted by molar-refractivity contribution is 5.79. The van der Waals surface area contributed by atoms with Gasteiger partial charge in [0.15, 0.2) is 5.96 Å². The highest BCUT2D eigenvalue weighted by Crippen LogP contribution is 2.16. The van der Waals surface area contributed by atoms with E-state index in [2.05, 4.69) is 41.0 Å². The minimum Gasteiger partial charge on any atom is -0.355 e. The van der Waals surface area contributed by atoms with Crippen LogP contribution in [-0.4, -0.2) is 50.1 Å². The Morgan fingerprint density at radius 1 is 1.20 bits per heavy atom. The van der Waals surface area contributed by atoms with Crippen LogP contribution in [0.15, 0.2) is 17.6 Å². The Kier molecular flexibility index (Phi) is 8.35. The molecule has 116 valence electrons. The second-order valence-corrected chi connectivity index (χ2v) is 5.88. The van der Waals surface area contributed by atoms with Gasteiger partial charge in [-0.05, 0) is 31.8 Å². The van der Waals surface area contributed by atoms with Crippen molar-refractivity contribution in [3.63, 3.8) is 0 Å². The fourth-order valence-electron chi connectivity index (χ4n) is 2.80. The van der Waals surface area contributed by atoms with Gasteiger partial charge in [-0.15, -0.1) is 6.58 Å². The van der Waals surface area contributed by atoms with Crippen LogP contribution in [0.2, 0.25) is 0 Å². The number of nitrogens with one attached hydrogen (secondary N) is 2. The topological polar surface area (TPSA) is 39.7 Å². The molecule has 1 atom stereocenters. The van der Waals surface area contributed by atoms with Gasteiger partial charge in [0.05, 0.1) is 0 Å². The second-order valence-electron chi connectivity index (χ2n) is 5.88. The summed E-state index contributed by atoms with van der Waals surface area (Å²) in [6.45, 7) is 12.5. The predicted molar refractivity (Wildman–Crippen MR) is 88.2 cm³/mol. The van der Waals surface area contributed by atoms with Gasteiger partial charge in [-0.2, -0.15) is 0 Å². The zero-order valence-electron chi connectivity index (χ0n) is 13.5. The maximum absolute atomic E-state index is 4.25.